The second-order valence-electron chi connectivity index (χ2n) is 4.31. The Hall–Kier alpha value is -2.01. The van der Waals surface area contributed by atoms with Gasteiger partial charge >= 0.3 is 0 Å². The maximum Gasteiger partial charge on any atom is 0.225 e. The van der Waals surface area contributed by atoms with Crippen molar-refractivity contribution in [2.45, 2.75) is 11.3 Å². The summed E-state index contributed by atoms with van der Waals surface area (Å²) >= 11 is 1.34. The molecule has 110 valence electrons. The molecule has 0 spiro atoms. The van der Waals surface area contributed by atoms with Crippen LogP contribution in [0.1, 0.15) is 6.42 Å². The van der Waals surface area contributed by atoms with Gasteiger partial charge in [0.2, 0.25) is 5.91 Å². The first-order chi connectivity index (χ1) is 10.2. The van der Waals surface area contributed by atoms with E-state index in [1.807, 2.05) is 0 Å². The molecule has 0 unspecified atom stereocenters. The average Bonchev–Trinajstić information content (AvgIpc) is 2.50. The standard InChI is InChI=1S/C16H16FNO2S/c1-20-13-8-6-12(7-9-13)18-16(19)10-11-21-15-5-3-2-4-14(15)17/h2-9H,10-11H2,1H3,(H,18,19). The van der Waals surface area contributed by atoms with Crippen LogP contribution >= 0.6 is 11.8 Å². The van der Waals surface area contributed by atoms with Gasteiger partial charge in [-0.15, -0.1) is 11.8 Å². The normalized spacial score (nSPS) is 10.2. The van der Waals surface area contributed by atoms with E-state index in [1.54, 1.807) is 49.6 Å². The molecule has 1 N–H and O–H groups in total. The Morgan fingerprint density at radius 2 is 1.90 bits per heavy atom. The van der Waals surface area contributed by atoms with E-state index in [9.17, 15) is 9.18 Å². The van der Waals surface area contributed by atoms with Crippen molar-refractivity contribution in [2.24, 2.45) is 0 Å². The van der Waals surface area contributed by atoms with Crippen LogP contribution < -0.4 is 10.1 Å². The topological polar surface area (TPSA) is 38.3 Å². The highest BCUT2D eigenvalue weighted by Gasteiger charge is 2.05. The molecular formula is C16H16FNO2S. The van der Waals surface area contributed by atoms with Gasteiger partial charge in [-0.2, -0.15) is 0 Å². The van der Waals surface area contributed by atoms with Crippen LogP contribution in [-0.4, -0.2) is 18.8 Å². The third kappa shape index (κ3) is 4.79. The maximum absolute atomic E-state index is 13.4. The molecule has 0 aliphatic carbocycles. The average molecular weight is 305 g/mol. The lowest BCUT2D eigenvalue weighted by molar-refractivity contribution is -0.115. The largest absolute Gasteiger partial charge is 0.497 e. The van der Waals surface area contributed by atoms with E-state index in [0.717, 1.165) is 11.4 Å². The summed E-state index contributed by atoms with van der Waals surface area (Å²) in [6, 6.07) is 13.7. The predicted molar refractivity (Wildman–Crippen MR) is 83.4 cm³/mol. The Morgan fingerprint density at radius 1 is 1.19 bits per heavy atom. The number of thioether (sulfide) groups is 1. The molecule has 0 saturated heterocycles. The van der Waals surface area contributed by atoms with E-state index in [2.05, 4.69) is 5.32 Å². The summed E-state index contributed by atoms with van der Waals surface area (Å²) in [4.78, 5) is 12.4. The molecule has 0 atom stereocenters. The van der Waals surface area contributed by atoms with Crippen LogP contribution in [0.3, 0.4) is 0 Å². The third-order valence-corrected chi connectivity index (χ3v) is 3.85. The fraction of sp³-hybridized carbons (Fsp3) is 0.188. The number of anilines is 1. The van der Waals surface area contributed by atoms with Gasteiger partial charge in [-0.05, 0) is 36.4 Å². The lowest BCUT2D eigenvalue weighted by atomic mass is 10.3. The van der Waals surface area contributed by atoms with E-state index < -0.39 is 0 Å². The van der Waals surface area contributed by atoms with Gasteiger partial charge in [-0.25, -0.2) is 4.39 Å². The van der Waals surface area contributed by atoms with Gasteiger partial charge in [0.25, 0.3) is 0 Å². The van der Waals surface area contributed by atoms with Gasteiger partial charge in [0.1, 0.15) is 11.6 Å². The highest BCUT2D eigenvalue weighted by Crippen LogP contribution is 2.22. The van der Waals surface area contributed by atoms with Crippen LogP contribution in [0.25, 0.3) is 0 Å². The monoisotopic (exact) mass is 305 g/mol. The van der Waals surface area contributed by atoms with Gasteiger partial charge in [0, 0.05) is 22.8 Å². The van der Waals surface area contributed by atoms with Crippen LogP contribution in [0.4, 0.5) is 10.1 Å². The van der Waals surface area contributed by atoms with Crippen molar-refractivity contribution in [3.63, 3.8) is 0 Å². The molecule has 2 aromatic carbocycles. The fourth-order valence-corrected chi connectivity index (χ4v) is 2.60. The summed E-state index contributed by atoms with van der Waals surface area (Å²) in [7, 11) is 1.59. The number of benzene rings is 2. The van der Waals surface area contributed by atoms with E-state index in [1.165, 1.54) is 17.8 Å². The van der Waals surface area contributed by atoms with Gasteiger partial charge in [-0.1, -0.05) is 12.1 Å². The van der Waals surface area contributed by atoms with E-state index >= 15 is 0 Å². The summed E-state index contributed by atoms with van der Waals surface area (Å²) in [6.45, 7) is 0. The molecular weight excluding hydrogens is 289 g/mol. The van der Waals surface area contributed by atoms with Crippen molar-refractivity contribution >= 4 is 23.4 Å². The van der Waals surface area contributed by atoms with Crippen molar-refractivity contribution in [1.29, 1.82) is 0 Å². The second-order valence-corrected chi connectivity index (χ2v) is 5.44. The number of halogens is 1. The Bertz CT molecular complexity index is 601. The quantitative estimate of drug-likeness (QED) is 0.821. The second kappa shape index (κ2) is 7.69. The Balaban J connectivity index is 1.78. The molecule has 0 radical (unpaired) electrons. The van der Waals surface area contributed by atoms with Gasteiger partial charge in [0.05, 0.1) is 7.11 Å². The first kappa shape index (κ1) is 15.4. The number of hydrogen-bond acceptors (Lipinski definition) is 3. The molecule has 0 aromatic heterocycles. The van der Waals surface area contributed by atoms with E-state index in [0.29, 0.717) is 17.1 Å². The summed E-state index contributed by atoms with van der Waals surface area (Å²) in [5.74, 6) is 0.924. The third-order valence-electron chi connectivity index (χ3n) is 2.80. The summed E-state index contributed by atoms with van der Waals surface area (Å²) in [6.07, 6.45) is 0.324. The number of nitrogens with one attached hydrogen (secondary N) is 1. The van der Waals surface area contributed by atoms with Crippen LogP contribution in [0.5, 0.6) is 5.75 Å². The van der Waals surface area contributed by atoms with E-state index in [-0.39, 0.29) is 11.7 Å². The molecule has 0 saturated carbocycles. The van der Waals surface area contributed by atoms with Crippen molar-refractivity contribution in [3.8, 4) is 5.75 Å². The van der Waals surface area contributed by atoms with Gasteiger partial charge in [0.15, 0.2) is 0 Å². The lowest BCUT2D eigenvalue weighted by Crippen LogP contribution is -2.12. The SMILES string of the molecule is COc1ccc(NC(=O)CCSc2ccccc2F)cc1. The zero-order valence-electron chi connectivity index (χ0n) is 11.6. The molecule has 0 fully saturated rings. The fourth-order valence-electron chi connectivity index (χ4n) is 1.71. The highest BCUT2D eigenvalue weighted by molar-refractivity contribution is 7.99. The molecule has 5 heteroatoms. The van der Waals surface area contributed by atoms with Crippen LogP contribution in [0, 0.1) is 5.82 Å². The Labute approximate surface area is 127 Å². The lowest BCUT2D eigenvalue weighted by Gasteiger charge is -2.06. The minimum absolute atomic E-state index is 0.0935. The van der Waals surface area contributed by atoms with Gasteiger partial charge in [-0.3, -0.25) is 4.79 Å². The predicted octanol–water partition coefficient (Wildman–Crippen LogP) is 3.96. The maximum atomic E-state index is 13.4. The first-order valence-electron chi connectivity index (χ1n) is 6.50. The molecule has 0 heterocycles. The van der Waals surface area contributed by atoms with Crippen LogP contribution in [0.15, 0.2) is 53.4 Å². The zero-order valence-corrected chi connectivity index (χ0v) is 12.5. The number of methoxy groups -OCH3 is 1. The van der Waals surface area contributed by atoms with Gasteiger partial charge < -0.3 is 10.1 Å². The minimum atomic E-state index is -0.252. The summed E-state index contributed by atoms with van der Waals surface area (Å²) < 4.78 is 18.4. The summed E-state index contributed by atoms with van der Waals surface area (Å²) in [5, 5.41) is 2.79. The van der Waals surface area contributed by atoms with Crippen LogP contribution in [-0.2, 0) is 4.79 Å². The van der Waals surface area contributed by atoms with Crippen molar-refractivity contribution in [3.05, 3.63) is 54.3 Å². The number of rotatable bonds is 6. The molecule has 3 nitrogen and oxygen atoms in total. The summed E-state index contributed by atoms with van der Waals surface area (Å²) in [5.41, 5.74) is 0.719. The molecule has 0 aliphatic heterocycles. The number of carbonyl (C=O) groups is 1. The molecule has 0 aliphatic rings. The van der Waals surface area contributed by atoms with E-state index in [4.69, 9.17) is 4.74 Å². The van der Waals surface area contributed by atoms with Crippen molar-refractivity contribution in [2.75, 3.05) is 18.2 Å². The van der Waals surface area contributed by atoms with Crippen LogP contribution in [0.2, 0.25) is 0 Å². The zero-order chi connectivity index (χ0) is 15.1. The Kier molecular flexibility index (Phi) is 5.63. The Morgan fingerprint density at radius 3 is 2.57 bits per heavy atom. The minimum Gasteiger partial charge on any atom is -0.497 e. The molecule has 0 bridgehead atoms. The number of hydrogen-bond donors (Lipinski definition) is 1. The molecule has 2 aromatic rings. The highest BCUT2D eigenvalue weighted by atomic mass is 32.2. The number of ether oxygens (including phenoxy) is 1. The first-order valence-corrected chi connectivity index (χ1v) is 7.49. The number of amides is 1. The molecule has 2 rings (SSSR count). The molecule has 1 amide bonds. The number of carbonyl (C=O) groups excluding carboxylic acids is 1. The van der Waals surface area contributed by atoms with Crippen molar-refractivity contribution in [1.82, 2.24) is 0 Å². The molecule has 21 heavy (non-hydrogen) atoms. The smallest absolute Gasteiger partial charge is 0.225 e. The van der Waals surface area contributed by atoms with Crippen molar-refractivity contribution < 1.29 is 13.9 Å².